The van der Waals surface area contributed by atoms with Crippen molar-refractivity contribution >= 4 is 46.8 Å². The van der Waals surface area contributed by atoms with Crippen LogP contribution in [0.5, 0.6) is 0 Å². The molecule has 1 saturated heterocycles. The lowest BCUT2D eigenvalue weighted by atomic mass is 9.81. The molecule has 27 heavy (non-hydrogen) atoms. The molecule has 1 aliphatic heterocycles. The van der Waals surface area contributed by atoms with Crippen LogP contribution >= 0.6 is 27.5 Å². The first-order valence-electron chi connectivity index (χ1n) is 9.42. The molecule has 2 aromatic heterocycles. The molecule has 8 heteroatoms. The van der Waals surface area contributed by atoms with Crippen molar-refractivity contribution in [3.63, 3.8) is 0 Å². The van der Waals surface area contributed by atoms with Gasteiger partial charge >= 0.3 is 0 Å². The van der Waals surface area contributed by atoms with E-state index in [1.807, 2.05) is 10.7 Å². The quantitative estimate of drug-likeness (QED) is 0.414. The Morgan fingerprint density at radius 2 is 2.00 bits per heavy atom. The highest BCUT2D eigenvalue weighted by Gasteiger charge is 2.41. The van der Waals surface area contributed by atoms with Crippen LogP contribution in [0.25, 0.3) is 10.9 Å². The van der Waals surface area contributed by atoms with Gasteiger partial charge in [0.05, 0.1) is 10.9 Å². The van der Waals surface area contributed by atoms with Crippen LogP contribution in [-0.2, 0) is 15.7 Å². The molecule has 1 aliphatic rings. The molecule has 0 unspecified atom stereocenters. The lowest BCUT2D eigenvalue weighted by Crippen LogP contribution is -2.46. The SMILES string of the molecule is CC(C)(C)[Si](C)(C)OCC1(Cn2nc(Br)c3cnc(Cl)cc32)CCOCC1. The number of ether oxygens (including phenoxy) is 1. The zero-order valence-electron chi connectivity index (χ0n) is 16.8. The van der Waals surface area contributed by atoms with Gasteiger partial charge in [0.1, 0.15) is 9.76 Å². The Morgan fingerprint density at radius 3 is 2.63 bits per heavy atom. The average molecular weight is 475 g/mol. The minimum atomic E-state index is -1.82. The summed E-state index contributed by atoms with van der Waals surface area (Å²) in [6.07, 6.45) is 3.72. The molecule has 0 N–H and O–H groups in total. The number of nitrogens with zero attached hydrogens (tertiary/aromatic N) is 3. The Morgan fingerprint density at radius 1 is 1.33 bits per heavy atom. The van der Waals surface area contributed by atoms with Crippen LogP contribution in [0.2, 0.25) is 23.3 Å². The largest absolute Gasteiger partial charge is 0.416 e. The van der Waals surface area contributed by atoms with Crippen molar-refractivity contribution in [2.75, 3.05) is 19.8 Å². The Hall–Kier alpha value is -0.473. The minimum absolute atomic E-state index is 0.0158. The zero-order valence-corrected chi connectivity index (χ0v) is 20.2. The van der Waals surface area contributed by atoms with Crippen LogP contribution in [0.15, 0.2) is 16.9 Å². The van der Waals surface area contributed by atoms with Gasteiger partial charge in [-0.3, -0.25) is 4.68 Å². The van der Waals surface area contributed by atoms with Crippen molar-refractivity contribution in [2.45, 2.75) is 58.3 Å². The van der Waals surface area contributed by atoms with Crippen molar-refractivity contribution in [3.05, 3.63) is 22.0 Å². The number of hydrogen-bond acceptors (Lipinski definition) is 4. The monoisotopic (exact) mass is 473 g/mol. The number of rotatable bonds is 5. The van der Waals surface area contributed by atoms with Crippen LogP contribution in [-0.4, -0.2) is 42.9 Å². The van der Waals surface area contributed by atoms with Gasteiger partial charge in [-0.2, -0.15) is 5.10 Å². The molecule has 1 fully saturated rings. The summed E-state index contributed by atoms with van der Waals surface area (Å²) in [7, 11) is -1.82. The van der Waals surface area contributed by atoms with E-state index in [1.165, 1.54) is 0 Å². The second-order valence-corrected chi connectivity index (χ2v) is 15.1. The lowest BCUT2D eigenvalue weighted by Gasteiger charge is -2.42. The Bertz CT molecular complexity index is 813. The fourth-order valence-corrected chi connectivity index (χ4v) is 4.90. The molecular weight excluding hydrogens is 446 g/mol. The summed E-state index contributed by atoms with van der Waals surface area (Å²) >= 11 is 9.70. The molecule has 0 aromatic carbocycles. The van der Waals surface area contributed by atoms with E-state index >= 15 is 0 Å². The van der Waals surface area contributed by atoms with Crippen LogP contribution in [0.4, 0.5) is 0 Å². The number of hydrogen-bond donors (Lipinski definition) is 0. The highest BCUT2D eigenvalue weighted by Crippen LogP contribution is 2.40. The van der Waals surface area contributed by atoms with Crippen LogP contribution in [0.3, 0.4) is 0 Å². The predicted octanol–water partition coefficient (Wildman–Crippen LogP) is 5.67. The predicted molar refractivity (Wildman–Crippen MR) is 116 cm³/mol. The summed E-state index contributed by atoms with van der Waals surface area (Å²) in [6, 6.07) is 1.89. The van der Waals surface area contributed by atoms with Gasteiger partial charge in [-0.05, 0) is 46.9 Å². The van der Waals surface area contributed by atoms with Crippen molar-refractivity contribution in [1.82, 2.24) is 14.8 Å². The molecule has 0 radical (unpaired) electrons. The number of pyridine rings is 1. The topological polar surface area (TPSA) is 49.2 Å². The molecule has 0 spiro atoms. The molecule has 2 aromatic rings. The molecule has 3 heterocycles. The Balaban J connectivity index is 1.89. The second-order valence-electron chi connectivity index (χ2n) is 9.13. The van der Waals surface area contributed by atoms with Gasteiger partial charge in [-0.25, -0.2) is 4.98 Å². The highest BCUT2D eigenvalue weighted by molar-refractivity contribution is 9.10. The molecule has 0 atom stereocenters. The van der Waals surface area contributed by atoms with Crippen LogP contribution in [0, 0.1) is 5.41 Å². The van der Waals surface area contributed by atoms with E-state index in [-0.39, 0.29) is 10.5 Å². The lowest BCUT2D eigenvalue weighted by molar-refractivity contribution is -0.0233. The Labute approximate surface area is 176 Å². The first-order chi connectivity index (χ1) is 12.5. The van der Waals surface area contributed by atoms with Gasteiger partial charge in [0.2, 0.25) is 0 Å². The summed E-state index contributed by atoms with van der Waals surface area (Å²) < 4.78 is 15.2. The fraction of sp³-hybridized carbons (Fsp3) is 0.684. The summed E-state index contributed by atoms with van der Waals surface area (Å²) in [5, 5.41) is 6.37. The normalized spacial score (nSPS) is 18.2. The molecular formula is C19H29BrClN3O2Si. The zero-order chi connectivity index (χ0) is 19.9. The molecule has 0 amide bonds. The maximum atomic E-state index is 6.64. The van der Waals surface area contributed by atoms with E-state index in [1.54, 1.807) is 6.20 Å². The molecule has 0 bridgehead atoms. The van der Waals surface area contributed by atoms with Crippen LogP contribution in [0.1, 0.15) is 33.6 Å². The van der Waals surface area contributed by atoms with Gasteiger partial charge in [-0.15, -0.1) is 0 Å². The van der Waals surface area contributed by atoms with Gasteiger partial charge in [0.25, 0.3) is 0 Å². The molecule has 150 valence electrons. The summed E-state index contributed by atoms with van der Waals surface area (Å²) in [6.45, 7) is 14.5. The number of aromatic nitrogens is 3. The molecule has 5 nitrogen and oxygen atoms in total. The third-order valence-corrected chi connectivity index (χ3v) is 11.4. The van der Waals surface area contributed by atoms with Gasteiger partial charge in [-0.1, -0.05) is 32.4 Å². The van der Waals surface area contributed by atoms with E-state index in [2.05, 4.69) is 54.8 Å². The van der Waals surface area contributed by atoms with E-state index in [0.29, 0.717) is 5.15 Å². The first-order valence-corrected chi connectivity index (χ1v) is 13.5. The standard InChI is InChI=1S/C19H29BrClN3O2Si/c1-18(2,3)27(4,5)26-13-19(6-8-25-9-7-19)12-24-15-10-16(21)22-11-14(15)17(20)23-24/h10-11H,6-9,12-13H2,1-5H3. The van der Waals surface area contributed by atoms with E-state index in [9.17, 15) is 0 Å². The Kier molecular flexibility index (Phi) is 6.09. The summed E-state index contributed by atoms with van der Waals surface area (Å²) in [4.78, 5) is 4.18. The molecule has 0 aliphatic carbocycles. The average Bonchev–Trinajstić information content (AvgIpc) is 2.88. The van der Waals surface area contributed by atoms with Crippen molar-refractivity contribution in [3.8, 4) is 0 Å². The smallest absolute Gasteiger partial charge is 0.192 e. The third kappa shape index (κ3) is 4.58. The maximum absolute atomic E-state index is 6.64. The van der Waals surface area contributed by atoms with Crippen molar-refractivity contribution in [2.24, 2.45) is 5.41 Å². The molecule has 0 saturated carbocycles. The van der Waals surface area contributed by atoms with Gasteiger partial charge in [0.15, 0.2) is 8.32 Å². The third-order valence-electron chi connectivity index (χ3n) is 6.14. The summed E-state index contributed by atoms with van der Waals surface area (Å²) in [5.74, 6) is 0. The van der Waals surface area contributed by atoms with Gasteiger partial charge < -0.3 is 9.16 Å². The van der Waals surface area contributed by atoms with Crippen molar-refractivity contribution < 1.29 is 9.16 Å². The molecule has 3 rings (SSSR count). The number of halogens is 2. The van der Waals surface area contributed by atoms with Gasteiger partial charge in [0, 0.05) is 44.0 Å². The summed E-state index contributed by atoms with van der Waals surface area (Å²) in [5.41, 5.74) is 1.02. The maximum Gasteiger partial charge on any atom is 0.192 e. The highest BCUT2D eigenvalue weighted by atomic mass is 79.9. The van der Waals surface area contributed by atoms with E-state index in [0.717, 1.165) is 54.7 Å². The fourth-order valence-electron chi connectivity index (χ4n) is 3.15. The first kappa shape index (κ1) is 21.2. The minimum Gasteiger partial charge on any atom is -0.416 e. The number of fused-ring (bicyclic) bond motifs is 1. The van der Waals surface area contributed by atoms with Crippen molar-refractivity contribution in [1.29, 1.82) is 0 Å². The van der Waals surface area contributed by atoms with Crippen LogP contribution < -0.4 is 0 Å². The van der Waals surface area contributed by atoms with E-state index in [4.69, 9.17) is 25.9 Å². The van der Waals surface area contributed by atoms with E-state index < -0.39 is 8.32 Å². The second kappa shape index (κ2) is 7.75.